The lowest BCUT2D eigenvalue weighted by molar-refractivity contribution is 0.623. The number of rotatable bonds is 2. The van der Waals surface area contributed by atoms with Crippen LogP contribution in [0.25, 0.3) is 0 Å². The summed E-state index contributed by atoms with van der Waals surface area (Å²) in [6, 6.07) is 4.84. The van der Waals surface area contributed by atoms with Crippen LogP contribution in [-0.2, 0) is 6.54 Å². The second-order valence-corrected chi connectivity index (χ2v) is 2.60. The van der Waals surface area contributed by atoms with E-state index in [1.54, 1.807) is 12.1 Å². The average molecular weight is 190 g/mol. The van der Waals surface area contributed by atoms with E-state index in [1.807, 2.05) is 14.0 Å². The topological polar surface area (TPSA) is 12.0 Å². The van der Waals surface area contributed by atoms with Crippen LogP contribution in [0.15, 0.2) is 18.2 Å². The molecular weight excluding hydrogens is 177 g/mol. The SMILES string of the molecule is CNCc1cc(F)ccc1C.Cl. The van der Waals surface area contributed by atoms with E-state index in [9.17, 15) is 4.39 Å². The van der Waals surface area contributed by atoms with E-state index in [0.29, 0.717) is 0 Å². The molecule has 0 saturated carbocycles. The lowest BCUT2D eigenvalue weighted by Crippen LogP contribution is -2.06. The monoisotopic (exact) mass is 189 g/mol. The van der Waals surface area contributed by atoms with Crippen LogP contribution in [-0.4, -0.2) is 7.05 Å². The standard InChI is InChI=1S/C9H12FN.ClH/c1-7-3-4-9(10)5-8(7)6-11-2;/h3-5,11H,6H2,1-2H3;1H. The molecule has 1 aromatic carbocycles. The molecule has 0 unspecified atom stereocenters. The van der Waals surface area contributed by atoms with Gasteiger partial charge in [-0.3, -0.25) is 0 Å². The number of halogens is 2. The largest absolute Gasteiger partial charge is 0.316 e. The molecule has 0 aliphatic carbocycles. The van der Waals surface area contributed by atoms with Crippen molar-refractivity contribution < 1.29 is 4.39 Å². The lowest BCUT2D eigenvalue weighted by atomic mass is 10.1. The summed E-state index contributed by atoms with van der Waals surface area (Å²) in [4.78, 5) is 0. The van der Waals surface area contributed by atoms with Crippen molar-refractivity contribution in [1.82, 2.24) is 5.32 Å². The first-order valence-electron chi connectivity index (χ1n) is 3.63. The highest BCUT2D eigenvalue weighted by Crippen LogP contribution is 2.09. The van der Waals surface area contributed by atoms with Crippen molar-refractivity contribution in [3.8, 4) is 0 Å². The quantitative estimate of drug-likeness (QED) is 0.753. The molecule has 0 aromatic heterocycles. The highest BCUT2D eigenvalue weighted by molar-refractivity contribution is 5.85. The number of nitrogens with one attached hydrogen (secondary N) is 1. The van der Waals surface area contributed by atoms with Gasteiger partial charge < -0.3 is 5.32 Å². The molecule has 0 amide bonds. The summed E-state index contributed by atoms with van der Waals surface area (Å²) in [7, 11) is 1.85. The predicted octanol–water partition coefficient (Wildman–Crippen LogP) is 2.28. The third-order valence-electron chi connectivity index (χ3n) is 1.68. The highest BCUT2D eigenvalue weighted by atomic mass is 35.5. The number of aryl methyl sites for hydroxylation is 1. The minimum Gasteiger partial charge on any atom is -0.316 e. The molecule has 3 heteroatoms. The van der Waals surface area contributed by atoms with E-state index in [1.165, 1.54) is 6.07 Å². The van der Waals surface area contributed by atoms with Crippen LogP contribution in [0.2, 0.25) is 0 Å². The summed E-state index contributed by atoms with van der Waals surface area (Å²) in [6.45, 7) is 2.70. The van der Waals surface area contributed by atoms with Gasteiger partial charge in [-0.25, -0.2) is 4.39 Å². The molecular formula is C9H13ClFN. The summed E-state index contributed by atoms with van der Waals surface area (Å²) >= 11 is 0. The molecule has 1 N–H and O–H groups in total. The fourth-order valence-electron chi connectivity index (χ4n) is 1.02. The van der Waals surface area contributed by atoms with Crippen LogP contribution in [0.1, 0.15) is 11.1 Å². The molecule has 1 aromatic rings. The van der Waals surface area contributed by atoms with E-state index < -0.39 is 0 Å². The van der Waals surface area contributed by atoms with Crippen molar-refractivity contribution in [3.63, 3.8) is 0 Å². The van der Waals surface area contributed by atoms with Gasteiger partial charge in [0.25, 0.3) is 0 Å². The first kappa shape index (κ1) is 11.4. The molecule has 0 bridgehead atoms. The zero-order chi connectivity index (χ0) is 8.27. The van der Waals surface area contributed by atoms with E-state index in [4.69, 9.17) is 0 Å². The van der Waals surface area contributed by atoms with Crippen LogP contribution < -0.4 is 5.32 Å². The van der Waals surface area contributed by atoms with Gasteiger partial charge in [0.05, 0.1) is 0 Å². The minimum absolute atomic E-state index is 0. The molecule has 0 radical (unpaired) electrons. The predicted molar refractivity (Wildman–Crippen MR) is 51.1 cm³/mol. The molecule has 0 heterocycles. The van der Waals surface area contributed by atoms with Crippen LogP contribution in [0.3, 0.4) is 0 Å². The number of hydrogen-bond donors (Lipinski definition) is 1. The second-order valence-electron chi connectivity index (χ2n) is 2.60. The van der Waals surface area contributed by atoms with Gasteiger partial charge in [0.1, 0.15) is 5.82 Å². The molecule has 1 rings (SSSR count). The van der Waals surface area contributed by atoms with E-state index in [2.05, 4.69) is 5.32 Å². The first-order valence-corrected chi connectivity index (χ1v) is 3.63. The molecule has 0 atom stereocenters. The second kappa shape index (κ2) is 5.12. The van der Waals surface area contributed by atoms with Gasteiger partial charge in [0, 0.05) is 6.54 Å². The van der Waals surface area contributed by atoms with Gasteiger partial charge in [0.15, 0.2) is 0 Å². The average Bonchev–Trinajstić information content (AvgIpc) is 1.98. The summed E-state index contributed by atoms with van der Waals surface area (Å²) in [5.41, 5.74) is 2.15. The fourth-order valence-corrected chi connectivity index (χ4v) is 1.02. The maximum Gasteiger partial charge on any atom is 0.123 e. The number of hydrogen-bond acceptors (Lipinski definition) is 1. The van der Waals surface area contributed by atoms with Gasteiger partial charge in [-0.15, -0.1) is 12.4 Å². The molecule has 12 heavy (non-hydrogen) atoms. The summed E-state index contributed by atoms with van der Waals surface area (Å²) < 4.78 is 12.6. The molecule has 0 aliphatic heterocycles. The third kappa shape index (κ3) is 2.80. The van der Waals surface area contributed by atoms with Gasteiger partial charge in [-0.1, -0.05) is 6.07 Å². The Morgan fingerprint density at radius 2 is 2.08 bits per heavy atom. The Labute approximate surface area is 78.4 Å². The minimum atomic E-state index is -0.166. The Kier molecular flexibility index (Phi) is 4.86. The van der Waals surface area contributed by atoms with Gasteiger partial charge in [-0.05, 0) is 37.2 Å². The van der Waals surface area contributed by atoms with E-state index >= 15 is 0 Å². The molecule has 1 nitrogen and oxygen atoms in total. The van der Waals surface area contributed by atoms with Crippen LogP contribution in [0, 0.1) is 12.7 Å². The molecule has 0 saturated heterocycles. The van der Waals surface area contributed by atoms with Crippen molar-refractivity contribution >= 4 is 12.4 Å². The Morgan fingerprint density at radius 1 is 1.42 bits per heavy atom. The number of benzene rings is 1. The van der Waals surface area contributed by atoms with E-state index in [0.717, 1.165) is 17.7 Å². The van der Waals surface area contributed by atoms with Gasteiger partial charge in [0.2, 0.25) is 0 Å². The van der Waals surface area contributed by atoms with Gasteiger partial charge in [-0.2, -0.15) is 0 Å². The van der Waals surface area contributed by atoms with E-state index in [-0.39, 0.29) is 18.2 Å². The van der Waals surface area contributed by atoms with Crippen molar-refractivity contribution in [1.29, 1.82) is 0 Å². The van der Waals surface area contributed by atoms with Crippen LogP contribution in [0.5, 0.6) is 0 Å². The molecule has 0 fully saturated rings. The third-order valence-corrected chi connectivity index (χ3v) is 1.68. The van der Waals surface area contributed by atoms with Crippen LogP contribution >= 0.6 is 12.4 Å². The maximum absolute atomic E-state index is 12.6. The fraction of sp³-hybridized carbons (Fsp3) is 0.333. The zero-order valence-corrected chi connectivity index (χ0v) is 8.04. The van der Waals surface area contributed by atoms with Crippen LogP contribution in [0.4, 0.5) is 4.39 Å². The Hall–Kier alpha value is -0.600. The summed E-state index contributed by atoms with van der Waals surface area (Å²) in [5.74, 6) is -0.166. The Balaban J connectivity index is 0.00000121. The normalized spacial score (nSPS) is 9.25. The first-order chi connectivity index (χ1) is 5.24. The maximum atomic E-state index is 12.6. The highest BCUT2D eigenvalue weighted by Gasteiger charge is 1.97. The molecule has 0 aliphatic rings. The molecule has 0 spiro atoms. The summed E-state index contributed by atoms with van der Waals surface area (Å²) in [5, 5.41) is 2.99. The Bertz CT molecular complexity index is 250. The van der Waals surface area contributed by atoms with Crippen molar-refractivity contribution in [2.24, 2.45) is 0 Å². The Morgan fingerprint density at radius 3 is 2.67 bits per heavy atom. The van der Waals surface area contributed by atoms with Gasteiger partial charge >= 0.3 is 0 Å². The lowest BCUT2D eigenvalue weighted by Gasteiger charge is -2.03. The smallest absolute Gasteiger partial charge is 0.123 e. The van der Waals surface area contributed by atoms with Crippen molar-refractivity contribution in [2.75, 3.05) is 7.05 Å². The van der Waals surface area contributed by atoms with Crippen molar-refractivity contribution in [3.05, 3.63) is 35.1 Å². The van der Waals surface area contributed by atoms with Crippen molar-refractivity contribution in [2.45, 2.75) is 13.5 Å². The summed E-state index contributed by atoms with van der Waals surface area (Å²) in [6.07, 6.45) is 0. The zero-order valence-electron chi connectivity index (χ0n) is 7.23. The molecule has 68 valence electrons.